The van der Waals surface area contributed by atoms with Crippen molar-refractivity contribution in [2.75, 3.05) is 13.1 Å². The molecule has 1 unspecified atom stereocenters. The molecule has 1 fully saturated rings. The highest BCUT2D eigenvalue weighted by Gasteiger charge is 2.24. The van der Waals surface area contributed by atoms with Crippen LogP contribution in [0.1, 0.15) is 41.1 Å². The number of carbonyl (C=O) groups excluding carboxylic acids is 1. The maximum Gasteiger partial charge on any atom is 0.253 e. The lowest BCUT2D eigenvalue weighted by Gasteiger charge is -2.25. The molecule has 1 saturated heterocycles. The summed E-state index contributed by atoms with van der Waals surface area (Å²) in [4.78, 5) is 14.6. The summed E-state index contributed by atoms with van der Waals surface area (Å²) in [5.74, 6) is -0.0264. The first kappa shape index (κ1) is 16.0. The molecule has 1 atom stereocenters. The predicted octanol–water partition coefficient (Wildman–Crippen LogP) is 4.89. The van der Waals surface area contributed by atoms with Gasteiger partial charge in [0.05, 0.1) is 0 Å². The molecule has 0 bridgehead atoms. The van der Waals surface area contributed by atoms with E-state index >= 15 is 0 Å². The Kier molecular flexibility index (Phi) is 4.97. The second kappa shape index (κ2) is 7.14. The highest BCUT2D eigenvalue weighted by molar-refractivity contribution is 6.30. The van der Waals surface area contributed by atoms with Crippen LogP contribution < -0.4 is 0 Å². The minimum Gasteiger partial charge on any atom is -0.338 e. The van der Waals surface area contributed by atoms with E-state index in [0.717, 1.165) is 30.8 Å². The minimum absolute atomic E-state index is 0.0223. The van der Waals surface area contributed by atoms with Crippen LogP contribution in [0.4, 0.5) is 4.39 Å². The lowest BCUT2D eigenvalue weighted by molar-refractivity contribution is 0.0754. The van der Waals surface area contributed by atoms with Gasteiger partial charge in [0, 0.05) is 29.6 Å². The molecule has 0 aromatic heterocycles. The van der Waals surface area contributed by atoms with Crippen LogP contribution >= 0.6 is 11.6 Å². The van der Waals surface area contributed by atoms with Gasteiger partial charge < -0.3 is 4.90 Å². The summed E-state index contributed by atoms with van der Waals surface area (Å²) in [5.41, 5.74) is 1.76. The smallest absolute Gasteiger partial charge is 0.253 e. The molecule has 2 aromatic rings. The van der Waals surface area contributed by atoms with Crippen molar-refractivity contribution in [1.82, 2.24) is 4.90 Å². The van der Waals surface area contributed by atoms with Gasteiger partial charge in [-0.1, -0.05) is 30.2 Å². The topological polar surface area (TPSA) is 20.3 Å². The van der Waals surface area contributed by atoms with Crippen LogP contribution in [0, 0.1) is 5.82 Å². The Morgan fingerprint density at radius 2 is 1.74 bits per heavy atom. The largest absolute Gasteiger partial charge is 0.338 e. The van der Waals surface area contributed by atoms with Gasteiger partial charge in [0.25, 0.3) is 5.91 Å². The standard InChI is InChI=1S/C19H19ClFNO/c20-17-8-4-14(5-9-17)16-3-1-2-12-22(13-16)19(23)15-6-10-18(21)11-7-15/h4-11,16H,1-3,12-13H2. The van der Waals surface area contributed by atoms with Gasteiger partial charge in [-0.25, -0.2) is 4.39 Å². The number of amides is 1. The van der Waals surface area contributed by atoms with Gasteiger partial charge >= 0.3 is 0 Å². The third-order valence-electron chi connectivity index (χ3n) is 4.39. The summed E-state index contributed by atoms with van der Waals surface area (Å²) in [6.07, 6.45) is 3.16. The van der Waals surface area contributed by atoms with Crippen LogP contribution in [0.3, 0.4) is 0 Å². The number of likely N-dealkylation sites (tertiary alicyclic amines) is 1. The molecule has 0 N–H and O–H groups in total. The van der Waals surface area contributed by atoms with Crippen LogP contribution in [0.2, 0.25) is 5.02 Å². The number of rotatable bonds is 2. The third kappa shape index (κ3) is 3.91. The molecule has 2 aromatic carbocycles. The SMILES string of the molecule is O=C(c1ccc(F)cc1)N1CCCCC(c2ccc(Cl)cc2)C1. The fourth-order valence-corrected chi connectivity index (χ4v) is 3.23. The van der Waals surface area contributed by atoms with E-state index in [-0.39, 0.29) is 11.7 Å². The van der Waals surface area contributed by atoms with Gasteiger partial charge in [-0.3, -0.25) is 4.79 Å². The number of carbonyl (C=O) groups is 1. The Morgan fingerprint density at radius 1 is 1.04 bits per heavy atom. The molecule has 0 saturated carbocycles. The summed E-state index contributed by atoms with van der Waals surface area (Å²) in [6, 6.07) is 13.7. The second-order valence-electron chi connectivity index (χ2n) is 6.00. The lowest BCUT2D eigenvalue weighted by Crippen LogP contribution is -2.34. The van der Waals surface area contributed by atoms with Gasteiger partial charge in [0.15, 0.2) is 0 Å². The molecule has 0 spiro atoms. The van der Waals surface area contributed by atoms with Gasteiger partial charge in [0.2, 0.25) is 0 Å². The van der Waals surface area contributed by atoms with E-state index < -0.39 is 0 Å². The third-order valence-corrected chi connectivity index (χ3v) is 4.64. The Morgan fingerprint density at radius 3 is 2.43 bits per heavy atom. The van der Waals surface area contributed by atoms with Crippen molar-refractivity contribution >= 4 is 17.5 Å². The minimum atomic E-state index is -0.323. The quantitative estimate of drug-likeness (QED) is 0.767. The Bertz CT molecular complexity index is 669. The van der Waals surface area contributed by atoms with Gasteiger partial charge in [-0.15, -0.1) is 0 Å². The number of hydrogen-bond donors (Lipinski definition) is 0. The first-order chi connectivity index (χ1) is 11.1. The zero-order valence-corrected chi connectivity index (χ0v) is 13.6. The molecule has 1 aliphatic rings. The van der Waals surface area contributed by atoms with Gasteiger partial charge in [-0.05, 0) is 54.8 Å². The maximum absolute atomic E-state index is 13.0. The van der Waals surface area contributed by atoms with Crippen molar-refractivity contribution in [2.45, 2.75) is 25.2 Å². The highest BCUT2D eigenvalue weighted by Crippen LogP contribution is 2.28. The molecule has 23 heavy (non-hydrogen) atoms. The van der Waals surface area contributed by atoms with Crippen molar-refractivity contribution < 1.29 is 9.18 Å². The number of nitrogens with zero attached hydrogens (tertiary/aromatic N) is 1. The molecule has 4 heteroatoms. The summed E-state index contributed by atoms with van der Waals surface area (Å²) < 4.78 is 13.0. The zero-order chi connectivity index (χ0) is 16.2. The molecule has 3 rings (SSSR count). The van der Waals surface area contributed by atoms with E-state index in [0.29, 0.717) is 18.0 Å². The first-order valence-electron chi connectivity index (χ1n) is 7.94. The average Bonchev–Trinajstić information content (AvgIpc) is 2.82. The van der Waals surface area contributed by atoms with Crippen molar-refractivity contribution in [1.29, 1.82) is 0 Å². The van der Waals surface area contributed by atoms with E-state index in [2.05, 4.69) is 0 Å². The van der Waals surface area contributed by atoms with Crippen LogP contribution in [-0.2, 0) is 0 Å². The fraction of sp³-hybridized carbons (Fsp3) is 0.316. The van der Waals surface area contributed by atoms with E-state index in [1.54, 1.807) is 12.1 Å². The van der Waals surface area contributed by atoms with Crippen LogP contribution in [0.25, 0.3) is 0 Å². The van der Waals surface area contributed by atoms with E-state index in [1.165, 1.54) is 17.7 Å². The Labute approximate surface area is 140 Å². The maximum atomic E-state index is 13.0. The van der Waals surface area contributed by atoms with E-state index in [1.807, 2.05) is 29.2 Å². The summed E-state index contributed by atoms with van der Waals surface area (Å²) in [7, 11) is 0. The molecule has 0 radical (unpaired) electrons. The second-order valence-corrected chi connectivity index (χ2v) is 6.44. The molecular weight excluding hydrogens is 313 g/mol. The van der Waals surface area contributed by atoms with Crippen LogP contribution in [0.5, 0.6) is 0 Å². The Balaban J connectivity index is 1.77. The molecule has 0 aliphatic carbocycles. The van der Waals surface area contributed by atoms with Crippen LogP contribution in [0.15, 0.2) is 48.5 Å². The van der Waals surface area contributed by atoms with Crippen molar-refractivity contribution in [3.05, 3.63) is 70.5 Å². The molecule has 1 aliphatic heterocycles. The van der Waals surface area contributed by atoms with Crippen LogP contribution in [-0.4, -0.2) is 23.9 Å². The van der Waals surface area contributed by atoms with Crippen molar-refractivity contribution in [3.63, 3.8) is 0 Å². The normalized spacial score (nSPS) is 18.5. The lowest BCUT2D eigenvalue weighted by atomic mass is 9.94. The monoisotopic (exact) mass is 331 g/mol. The van der Waals surface area contributed by atoms with E-state index in [9.17, 15) is 9.18 Å². The highest BCUT2D eigenvalue weighted by atomic mass is 35.5. The fourth-order valence-electron chi connectivity index (χ4n) is 3.11. The molecule has 120 valence electrons. The molecule has 1 amide bonds. The molecule has 2 nitrogen and oxygen atoms in total. The predicted molar refractivity (Wildman–Crippen MR) is 90.3 cm³/mol. The van der Waals surface area contributed by atoms with Gasteiger partial charge in [-0.2, -0.15) is 0 Å². The van der Waals surface area contributed by atoms with E-state index in [4.69, 9.17) is 11.6 Å². The zero-order valence-electron chi connectivity index (χ0n) is 12.8. The Hall–Kier alpha value is -1.87. The first-order valence-corrected chi connectivity index (χ1v) is 8.31. The molecular formula is C19H19ClFNO. The number of hydrogen-bond acceptors (Lipinski definition) is 1. The number of halogens is 2. The van der Waals surface area contributed by atoms with Crippen molar-refractivity contribution in [3.8, 4) is 0 Å². The van der Waals surface area contributed by atoms with Crippen molar-refractivity contribution in [2.24, 2.45) is 0 Å². The summed E-state index contributed by atoms with van der Waals surface area (Å²) in [6.45, 7) is 1.44. The number of benzene rings is 2. The average molecular weight is 332 g/mol. The molecule has 1 heterocycles. The summed E-state index contributed by atoms with van der Waals surface area (Å²) in [5, 5.41) is 0.724. The van der Waals surface area contributed by atoms with Gasteiger partial charge in [0.1, 0.15) is 5.82 Å². The summed E-state index contributed by atoms with van der Waals surface area (Å²) >= 11 is 5.96.